The molecule has 0 N–H and O–H groups in total. The molecule has 42 valence electrons. The Hall–Kier alpha value is 0.440. The maximum atomic E-state index is 4.03. The predicted octanol–water partition coefficient (Wildman–Crippen LogP) is 2.14. The fourth-order valence-electron chi connectivity index (χ4n) is 0.284. The van der Waals surface area contributed by atoms with Gasteiger partial charge in [-0.2, -0.15) is 25.3 Å². The van der Waals surface area contributed by atoms with Gasteiger partial charge in [0.1, 0.15) is 0 Å². The summed E-state index contributed by atoms with van der Waals surface area (Å²) in [4.78, 5) is 0. The first kappa shape index (κ1) is 7.44. The zero-order valence-corrected chi connectivity index (χ0v) is 5.96. The SMILES string of the molecule is S/C=C/CCCS. The Balaban J connectivity index is 2.69. The highest BCUT2D eigenvalue weighted by Gasteiger charge is 1.73. The molecule has 7 heavy (non-hydrogen) atoms. The van der Waals surface area contributed by atoms with Gasteiger partial charge in [0.2, 0.25) is 0 Å². The summed E-state index contributed by atoms with van der Waals surface area (Å²) in [5.41, 5.74) is 0. The Morgan fingerprint density at radius 3 is 2.57 bits per heavy atom. The fraction of sp³-hybridized carbons (Fsp3) is 0.600. The average molecular weight is 134 g/mol. The second-order valence-corrected chi connectivity index (χ2v) is 2.00. The lowest BCUT2D eigenvalue weighted by atomic mass is 10.3. The summed E-state index contributed by atoms with van der Waals surface area (Å²) in [7, 11) is 0. The van der Waals surface area contributed by atoms with Crippen LogP contribution in [0.3, 0.4) is 0 Å². The van der Waals surface area contributed by atoms with E-state index in [1.54, 1.807) is 5.41 Å². The summed E-state index contributed by atoms with van der Waals surface area (Å²) < 4.78 is 0. The number of unbranched alkanes of at least 4 members (excludes halogenated alkanes) is 1. The predicted molar refractivity (Wildman–Crippen MR) is 41.2 cm³/mol. The van der Waals surface area contributed by atoms with Crippen molar-refractivity contribution in [1.29, 1.82) is 0 Å². The number of hydrogen-bond donors (Lipinski definition) is 2. The second kappa shape index (κ2) is 6.44. The Morgan fingerprint density at radius 1 is 1.43 bits per heavy atom. The van der Waals surface area contributed by atoms with Gasteiger partial charge in [-0.05, 0) is 24.0 Å². The molecule has 0 aliphatic rings. The maximum Gasteiger partial charge on any atom is -0.00950 e. The van der Waals surface area contributed by atoms with Gasteiger partial charge in [0, 0.05) is 0 Å². The molecule has 0 atom stereocenters. The highest BCUT2D eigenvalue weighted by Crippen LogP contribution is 1.92. The number of allylic oxidation sites excluding steroid dienone is 1. The largest absolute Gasteiger partial charge is 0.179 e. The van der Waals surface area contributed by atoms with Gasteiger partial charge in [0.15, 0.2) is 0 Å². The van der Waals surface area contributed by atoms with Crippen molar-refractivity contribution >= 4 is 25.3 Å². The van der Waals surface area contributed by atoms with E-state index < -0.39 is 0 Å². The van der Waals surface area contributed by atoms with Gasteiger partial charge < -0.3 is 0 Å². The third-order valence-corrected chi connectivity index (χ3v) is 1.16. The lowest BCUT2D eigenvalue weighted by molar-refractivity contribution is 0.977. The van der Waals surface area contributed by atoms with Crippen molar-refractivity contribution in [3.63, 3.8) is 0 Å². The van der Waals surface area contributed by atoms with Crippen LogP contribution in [0.5, 0.6) is 0 Å². The molecule has 0 heterocycles. The van der Waals surface area contributed by atoms with Crippen LogP contribution in [0.2, 0.25) is 0 Å². The van der Waals surface area contributed by atoms with E-state index in [1.165, 1.54) is 0 Å². The van der Waals surface area contributed by atoms with Gasteiger partial charge in [-0.25, -0.2) is 0 Å². The molecular weight excluding hydrogens is 124 g/mol. The molecule has 0 rings (SSSR count). The topological polar surface area (TPSA) is 0 Å². The highest BCUT2D eigenvalue weighted by molar-refractivity contribution is 7.83. The van der Waals surface area contributed by atoms with Crippen LogP contribution < -0.4 is 0 Å². The highest BCUT2D eigenvalue weighted by atomic mass is 32.1. The Labute approximate surface area is 55.8 Å². The molecule has 0 saturated heterocycles. The van der Waals surface area contributed by atoms with Crippen LogP contribution in [0.25, 0.3) is 0 Å². The summed E-state index contributed by atoms with van der Waals surface area (Å²) >= 11 is 7.92. The quantitative estimate of drug-likeness (QED) is 0.429. The van der Waals surface area contributed by atoms with E-state index in [9.17, 15) is 0 Å². The van der Waals surface area contributed by atoms with Gasteiger partial charge >= 0.3 is 0 Å². The minimum atomic E-state index is 0.970. The van der Waals surface area contributed by atoms with Crippen molar-refractivity contribution in [3.8, 4) is 0 Å². The molecule has 0 aromatic heterocycles. The van der Waals surface area contributed by atoms with Gasteiger partial charge in [-0.15, -0.1) is 0 Å². The standard InChI is InChI=1S/C5H10S2/c6-4-2-1-3-5-7/h2,4,6-7H,1,3,5H2/b4-2+. The number of rotatable bonds is 3. The van der Waals surface area contributed by atoms with Gasteiger partial charge in [-0.1, -0.05) is 6.08 Å². The van der Waals surface area contributed by atoms with E-state index in [1.807, 2.05) is 6.08 Å². The van der Waals surface area contributed by atoms with E-state index in [2.05, 4.69) is 25.3 Å². The molecule has 0 fully saturated rings. The zero-order chi connectivity index (χ0) is 5.54. The summed E-state index contributed by atoms with van der Waals surface area (Å²) in [6.45, 7) is 0. The van der Waals surface area contributed by atoms with E-state index in [0.29, 0.717) is 0 Å². The number of thiol groups is 2. The van der Waals surface area contributed by atoms with Crippen LogP contribution in [0.4, 0.5) is 0 Å². The zero-order valence-electron chi connectivity index (χ0n) is 4.17. The smallest absolute Gasteiger partial charge is 0.00950 e. The van der Waals surface area contributed by atoms with Crippen LogP contribution in [0.1, 0.15) is 12.8 Å². The van der Waals surface area contributed by atoms with Crippen LogP contribution in [0.15, 0.2) is 11.5 Å². The van der Waals surface area contributed by atoms with Gasteiger partial charge in [0.05, 0.1) is 0 Å². The monoisotopic (exact) mass is 134 g/mol. The van der Waals surface area contributed by atoms with Crippen molar-refractivity contribution < 1.29 is 0 Å². The summed E-state index contributed by atoms with van der Waals surface area (Å²) in [6.07, 6.45) is 4.28. The molecule has 0 saturated carbocycles. The summed E-state index contributed by atoms with van der Waals surface area (Å²) in [6, 6.07) is 0. The minimum Gasteiger partial charge on any atom is -0.179 e. The van der Waals surface area contributed by atoms with E-state index >= 15 is 0 Å². The maximum absolute atomic E-state index is 4.03. The normalized spacial score (nSPS) is 10.6. The van der Waals surface area contributed by atoms with Crippen molar-refractivity contribution in [1.82, 2.24) is 0 Å². The van der Waals surface area contributed by atoms with Crippen LogP contribution >= 0.6 is 25.3 Å². The molecule has 0 aromatic carbocycles. The van der Waals surface area contributed by atoms with Crippen LogP contribution in [0, 0.1) is 0 Å². The summed E-state index contributed by atoms with van der Waals surface area (Å²) in [5, 5.41) is 1.77. The molecule has 0 spiro atoms. The van der Waals surface area contributed by atoms with Crippen molar-refractivity contribution in [2.24, 2.45) is 0 Å². The molecule has 0 aliphatic heterocycles. The third-order valence-electron chi connectivity index (χ3n) is 0.634. The molecule has 0 unspecified atom stereocenters. The van der Waals surface area contributed by atoms with Crippen LogP contribution in [-0.4, -0.2) is 5.75 Å². The van der Waals surface area contributed by atoms with Crippen molar-refractivity contribution in [3.05, 3.63) is 11.5 Å². The molecule has 0 aromatic rings. The molecule has 0 amide bonds. The number of hydrogen-bond acceptors (Lipinski definition) is 2. The average Bonchev–Trinajstić information content (AvgIpc) is 1.69. The fourth-order valence-corrected chi connectivity index (χ4v) is 0.615. The third kappa shape index (κ3) is 6.44. The molecule has 0 radical (unpaired) electrons. The van der Waals surface area contributed by atoms with Crippen molar-refractivity contribution in [2.45, 2.75) is 12.8 Å². The molecule has 2 heteroatoms. The van der Waals surface area contributed by atoms with Crippen molar-refractivity contribution in [2.75, 3.05) is 5.75 Å². The first-order chi connectivity index (χ1) is 3.41. The van der Waals surface area contributed by atoms with Gasteiger partial charge in [-0.3, -0.25) is 0 Å². The molecular formula is C5H10S2. The van der Waals surface area contributed by atoms with Gasteiger partial charge in [0.25, 0.3) is 0 Å². The minimum absolute atomic E-state index is 0.970. The van der Waals surface area contributed by atoms with Crippen LogP contribution in [-0.2, 0) is 0 Å². The Kier molecular flexibility index (Phi) is 6.84. The Morgan fingerprint density at radius 2 is 2.14 bits per heavy atom. The lowest BCUT2D eigenvalue weighted by Gasteiger charge is -1.83. The second-order valence-electron chi connectivity index (χ2n) is 1.25. The molecule has 0 bridgehead atoms. The first-order valence-electron chi connectivity index (χ1n) is 2.32. The van der Waals surface area contributed by atoms with E-state index in [-0.39, 0.29) is 0 Å². The first-order valence-corrected chi connectivity index (χ1v) is 3.46. The molecule has 0 nitrogen and oxygen atoms in total. The van der Waals surface area contributed by atoms with E-state index in [0.717, 1.165) is 18.6 Å². The Bertz CT molecular complexity index is 50.0. The summed E-state index contributed by atoms with van der Waals surface area (Å²) in [5.74, 6) is 0.970. The lowest BCUT2D eigenvalue weighted by Crippen LogP contribution is -1.68. The van der Waals surface area contributed by atoms with E-state index in [4.69, 9.17) is 0 Å². The molecule has 0 aliphatic carbocycles.